The molecule has 0 aromatic carbocycles. The third-order valence-electron chi connectivity index (χ3n) is 6.44. The average Bonchev–Trinajstić information content (AvgIpc) is 2.98. The lowest BCUT2D eigenvalue weighted by molar-refractivity contribution is -0.0783. The van der Waals surface area contributed by atoms with Crippen LogP contribution in [0.25, 0.3) is 0 Å². The van der Waals surface area contributed by atoms with Gasteiger partial charge in [-0.1, -0.05) is 6.42 Å². The maximum atomic E-state index is 6.32. The van der Waals surface area contributed by atoms with Crippen LogP contribution >= 0.6 is 0 Å². The van der Waals surface area contributed by atoms with Crippen molar-refractivity contribution in [2.24, 2.45) is 23.7 Å². The van der Waals surface area contributed by atoms with E-state index in [9.17, 15) is 0 Å². The van der Waals surface area contributed by atoms with Crippen LogP contribution in [0.3, 0.4) is 0 Å². The van der Waals surface area contributed by atoms with Crippen LogP contribution < -0.4 is 5.32 Å². The molecular weight excluding hydrogens is 246 g/mol. The Morgan fingerprint density at radius 1 is 1.15 bits per heavy atom. The topological polar surface area (TPSA) is 21.3 Å². The summed E-state index contributed by atoms with van der Waals surface area (Å²) in [6, 6.07) is 0.621. The van der Waals surface area contributed by atoms with Gasteiger partial charge < -0.3 is 10.1 Å². The molecule has 3 rings (SSSR count). The van der Waals surface area contributed by atoms with Gasteiger partial charge in [-0.2, -0.15) is 0 Å². The van der Waals surface area contributed by atoms with Crippen molar-refractivity contribution >= 4 is 0 Å². The summed E-state index contributed by atoms with van der Waals surface area (Å²) in [6.45, 7) is 9.08. The molecule has 116 valence electrons. The van der Waals surface area contributed by atoms with Crippen molar-refractivity contribution in [1.29, 1.82) is 0 Å². The van der Waals surface area contributed by atoms with E-state index in [0.29, 0.717) is 12.0 Å². The lowest BCUT2D eigenvalue weighted by Crippen LogP contribution is -2.44. The normalized spacial score (nSPS) is 43.0. The van der Waals surface area contributed by atoms with Gasteiger partial charge in [0.2, 0.25) is 0 Å². The maximum Gasteiger partial charge on any atom is 0.0677 e. The number of fused-ring (bicyclic) bond motifs is 2. The Kier molecular flexibility index (Phi) is 3.70. The molecule has 2 aliphatic carbocycles. The fourth-order valence-corrected chi connectivity index (χ4v) is 5.71. The molecule has 0 amide bonds. The fourth-order valence-electron chi connectivity index (χ4n) is 5.71. The van der Waals surface area contributed by atoms with Gasteiger partial charge in [0.05, 0.1) is 11.2 Å². The molecule has 2 heteroatoms. The van der Waals surface area contributed by atoms with Crippen molar-refractivity contribution in [1.82, 2.24) is 5.32 Å². The second-order valence-electron chi connectivity index (χ2n) is 8.84. The van der Waals surface area contributed by atoms with Gasteiger partial charge in [-0.15, -0.1) is 0 Å². The van der Waals surface area contributed by atoms with Crippen molar-refractivity contribution in [3.8, 4) is 0 Å². The predicted molar refractivity (Wildman–Crippen MR) is 83.8 cm³/mol. The minimum absolute atomic E-state index is 0.00873. The van der Waals surface area contributed by atoms with Crippen molar-refractivity contribution in [2.45, 2.75) is 83.5 Å². The van der Waals surface area contributed by atoms with Gasteiger partial charge in [0, 0.05) is 12.0 Å². The first-order chi connectivity index (χ1) is 9.31. The Bertz CT molecular complexity index is 362. The molecule has 1 heterocycles. The summed E-state index contributed by atoms with van der Waals surface area (Å²) in [5, 5.41) is 3.64. The minimum atomic E-state index is 0.00873. The number of hydrogen-bond acceptors (Lipinski definition) is 2. The Hall–Kier alpha value is -0.0800. The van der Waals surface area contributed by atoms with E-state index in [-0.39, 0.29) is 11.2 Å². The van der Waals surface area contributed by atoms with E-state index in [1.807, 2.05) is 0 Å². The molecule has 3 aliphatic rings. The van der Waals surface area contributed by atoms with Crippen LogP contribution in [0.4, 0.5) is 0 Å². The first-order valence-electron chi connectivity index (χ1n) is 8.68. The molecule has 5 unspecified atom stereocenters. The Morgan fingerprint density at radius 2 is 1.90 bits per heavy atom. The van der Waals surface area contributed by atoms with Crippen LogP contribution in [0.5, 0.6) is 0 Å². The third-order valence-corrected chi connectivity index (χ3v) is 6.44. The van der Waals surface area contributed by atoms with Crippen LogP contribution in [0.1, 0.15) is 66.2 Å². The van der Waals surface area contributed by atoms with E-state index in [4.69, 9.17) is 4.74 Å². The second-order valence-corrected chi connectivity index (χ2v) is 8.84. The molecule has 0 radical (unpaired) electrons. The van der Waals surface area contributed by atoms with Gasteiger partial charge >= 0.3 is 0 Å². The number of rotatable bonds is 4. The van der Waals surface area contributed by atoms with Crippen molar-refractivity contribution in [3.05, 3.63) is 0 Å². The summed E-state index contributed by atoms with van der Waals surface area (Å²) in [7, 11) is 2.15. The zero-order valence-corrected chi connectivity index (χ0v) is 14.0. The molecule has 1 aliphatic heterocycles. The highest BCUT2D eigenvalue weighted by Gasteiger charge is 2.50. The number of nitrogens with one attached hydrogen (secondary N) is 1. The first kappa shape index (κ1) is 14.8. The van der Waals surface area contributed by atoms with E-state index >= 15 is 0 Å². The lowest BCUT2D eigenvalue weighted by Gasteiger charge is -2.35. The minimum Gasteiger partial charge on any atom is -0.369 e. The monoisotopic (exact) mass is 279 g/mol. The van der Waals surface area contributed by atoms with E-state index < -0.39 is 0 Å². The van der Waals surface area contributed by atoms with E-state index in [2.05, 4.69) is 40.1 Å². The molecule has 5 atom stereocenters. The summed E-state index contributed by atoms with van der Waals surface area (Å²) in [6.07, 6.45) is 8.59. The van der Waals surface area contributed by atoms with Gasteiger partial charge in [0.25, 0.3) is 0 Å². The van der Waals surface area contributed by atoms with Gasteiger partial charge in [0.15, 0.2) is 0 Å². The van der Waals surface area contributed by atoms with Crippen LogP contribution in [0, 0.1) is 23.7 Å². The van der Waals surface area contributed by atoms with Crippen LogP contribution in [-0.4, -0.2) is 24.3 Å². The van der Waals surface area contributed by atoms with E-state index in [1.165, 1.54) is 38.5 Å². The molecule has 2 saturated carbocycles. The molecule has 2 nitrogen and oxygen atoms in total. The van der Waals surface area contributed by atoms with Gasteiger partial charge in [-0.05, 0) is 84.6 Å². The van der Waals surface area contributed by atoms with E-state index in [0.717, 1.165) is 17.8 Å². The zero-order valence-electron chi connectivity index (χ0n) is 14.0. The largest absolute Gasteiger partial charge is 0.369 e. The number of ether oxygens (including phenoxy) is 1. The molecule has 0 aromatic rings. The summed E-state index contributed by atoms with van der Waals surface area (Å²) < 4.78 is 6.32. The average molecular weight is 279 g/mol. The smallest absolute Gasteiger partial charge is 0.0677 e. The summed E-state index contributed by atoms with van der Waals surface area (Å²) in [5.74, 6) is 3.72. The Labute approximate surface area is 125 Å². The van der Waals surface area contributed by atoms with Gasteiger partial charge in [-0.3, -0.25) is 0 Å². The molecule has 0 aromatic heterocycles. The first-order valence-corrected chi connectivity index (χ1v) is 8.68. The molecule has 1 saturated heterocycles. The summed E-state index contributed by atoms with van der Waals surface area (Å²) >= 11 is 0. The molecule has 20 heavy (non-hydrogen) atoms. The Morgan fingerprint density at radius 3 is 2.35 bits per heavy atom. The quantitative estimate of drug-likeness (QED) is 0.840. The maximum absolute atomic E-state index is 6.32. The summed E-state index contributed by atoms with van der Waals surface area (Å²) in [4.78, 5) is 0. The van der Waals surface area contributed by atoms with Crippen LogP contribution in [0.2, 0.25) is 0 Å². The molecular formula is C18H33NO. The molecule has 2 bridgehead atoms. The Balaban J connectivity index is 1.67. The highest BCUT2D eigenvalue weighted by molar-refractivity contribution is 5.01. The van der Waals surface area contributed by atoms with Crippen molar-refractivity contribution in [2.75, 3.05) is 7.05 Å². The third kappa shape index (κ3) is 2.66. The molecule has 3 fully saturated rings. The van der Waals surface area contributed by atoms with Gasteiger partial charge in [-0.25, -0.2) is 0 Å². The molecule has 0 spiro atoms. The standard InChI is InChI=1S/C18H33NO/c1-17(2)11-15(18(3,4)20-17)16(19-5)10-14-9-12-6-7-13(14)8-12/h12-16,19H,6-11H2,1-5H3. The fraction of sp³-hybridized carbons (Fsp3) is 1.00. The van der Waals surface area contributed by atoms with Crippen molar-refractivity contribution in [3.63, 3.8) is 0 Å². The van der Waals surface area contributed by atoms with Crippen LogP contribution in [0.15, 0.2) is 0 Å². The highest BCUT2D eigenvalue weighted by Crippen LogP contribution is 2.52. The lowest BCUT2D eigenvalue weighted by atomic mass is 9.75. The van der Waals surface area contributed by atoms with Crippen LogP contribution in [-0.2, 0) is 4.74 Å². The van der Waals surface area contributed by atoms with Gasteiger partial charge in [0.1, 0.15) is 0 Å². The highest BCUT2D eigenvalue weighted by atomic mass is 16.5. The predicted octanol–water partition coefficient (Wildman–Crippen LogP) is 3.99. The zero-order chi connectivity index (χ0) is 14.5. The SMILES string of the molecule is CNC(CC1CC2CCC1C2)C1CC(C)(C)OC1(C)C. The number of hydrogen-bond donors (Lipinski definition) is 1. The van der Waals surface area contributed by atoms with E-state index in [1.54, 1.807) is 0 Å². The van der Waals surface area contributed by atoms with Crippen molar-refractivity contribution < 1.29 is 4.74 Å². The molecule has 1 N–H and O–H groups in total. The second kappa shape index (κ2) is 4.98. The summed E-state index contributed by atoms with van der Waals surface area (Å²) in [5.41, 5.74) is 0.0484.